The standard InChI is InChI=1S/C7H17NO2.C4H10O2/c1-2-7(3-4-8)10-6-5-9;1-4(2,5)6-3/h7,9H,2-6,8H2,1H3;5H,1-3H3. The number of aliphatic hydroxyl groups excluding tert-OH is 1. The summed E-state index contributed by atoms with van der Waals surface area (Å²) in [6.45, 7) is 6.39. The van der Waals surface area contributed by atoms with E-state index in [2.05, 4.69) is 11.7 Å². The first-order valence-corrected chi connectivity index (χ1v) is 5.61. The first-order valence-electron chi connectivity index (χ1n) is 5.61. The summed E-state index contributed by atoms with van der Waals surface area (Å²) in [5.74, 6) is -0.958. The van der Waals surface area contributed by atoms with Crippen molar-refractivity contribution in [1.82, 2.24) is 0 Å². The van der Waals surface area contributed by atoms with Crippen LogP contribution in [-0.2, 0) is 9.47 Å². The second-order valence-electron chi connectivity index (χ2n) is 3.85. The van der Waals surface area contributed by atoms with Gasteiger partial charge in [0.25, 0.3) is 0 Å². The zero-order valence-corrected chi connectivity index (χ0v) is 10.9. The number of ether oxygens (including phenoxy) is 2. The van der Waals surface area contributed by atoms with Gasteiger partial charge in [0.05, 0.1) is 19.3 Å². The summed E-state index contributed by atoms with van der Waals surface area (Å²) >= 11 is 0. The van der Waals surface area contributed by atoms with Crippen LogP contribution in [0.5, 0.6) is 0 Å². The average Bonchev–Trinajstić information content (AvgIpc) is 2.24. The van der Waals surface area contributed by atoms with Crippen LogP contribution in [0, 0.1) is 0 Å². The smallest absolute Gasteiger partial charge is 0.159 e. The van der Waals surface area contributed by atoms with Crippen molar-refractivity contribution in [2.45, 2.75) is 45.5 Å². The molecule has 4 N–H and O–H groups in total. The molecule has 0 spiro atoms. The molecule has 0 heterocycles. The molecule has 0 aliphatic heterocycles. The lowest BCUT2D eigenvalue weighted by atomic mass is 10.2. The number of hydrogen-bond acceptors (Lipinski definition) is 5. The first-order chi connectivity index (χ1) is 7.41. The predicted octanol–water partition coefficient (Wildman–Crippen LogP) is 0.484. The van der Waals surface area contributed by atoms with Crippen LogP contribution >= 0.6 is 0 Å². The third-order valence-electron chi connectivity index (χ3n) is 1.89. The molecule has 0 radical (unpaired) electrons. The average molecular weight is 237 g/mol. The Bertz CT molecular complexity index is 136. The van der Waals surface area contributed by atoms with Gasteiger partial charge in [0, 0.05) is 7.11 Å². The van der Waals surface area contributed by atoms with Crippen LogP contribution in [-0.4, -0.2) is 49.0 Å². The van der Waals surface area contributed by atoms with Crippen molar-refractivity contribution >= 4 is 0 Å². The minimum absolute atomic E-state index is 0.0983. The molecule has 5 nitrogen and oxygen atoms in total. The van der Waals surface area contributed by atoms with E-state index in [9.17, 15) is 0 Å². The van der Waals surface area contributed by atoms with Gasteiger partial charge in [-0.3, -0.25) is 0 Å². The van der Waals surface area contributed by atoms with Crippen LogP contribution in [0.4, 0.5) is 0 Å². The van der Waals surface area contributed by atoms with E-state index in [1.807, 2.05) is 0 Å². The van der Waals surface area contributed by atoms with E-state index in [0.29, 0.717) is 13.2 Å². The Hall–Kier alpha value is -0.200. The van der Waals surface area contributed by atoms with Gasteiger partial charge in [0.2, 0.25) is 0 Å². The highest BCUT2D eigenvalue weighted by molar-refractivity contribution is 4.54. The minimum atomic E-state index is -0.958. The van der Waals surface area contributed by atoms with Crippen molar-refractivity contribution in [3.63, 3.8) is 0 Å². The van der Waals surface area contributed by atoms with Crippen molar-refractivity contribution in [3.8, 4) is 0 Å². The highest BCUT2D eigenvalue weighted by atomic mass is 16.6. The summed E-state index contributed by atoms with van der Waals surface area (Å²) in [6, 6.07) is 0. The molecule has 1 atom stereocenters. The Morgan fingerprint density at radius 3 is 2.12 bits per heavy atom. The van der Waals surface area contributed by atoms with Gasteiger partial charge < -0.3 is 25.4 Å². The van der Waals surface area contributed by atoms with Crippen molar-refractivity contribution in [1.29, 1.82) is 0 Å². The van der Waals surface area contributed by atoms with Gasteiger partial charge in [-0.15, -0.1) is 0 Å². The maximum Gasteiger partial charge on any atom is 0.159 e. The zero-order valence-electron chi connectivity index (χ0n) is 10.9. The molecule has 16 heavy (non-hydrogen) atoms. The number of rotatable bonds is 7. The fourth-order valence-electron chi connectivity index (χ4n) is 0.811. The second-order valence-corrected chi connectivity index (χ2v) is 3.85. The van der Waals surface area contributed by atoms with E-state index in [-0.39, 0.29) is 12.7 Å². The summed E-state index contributed by atoms with van der Waals surface area (Å²) in [6.07, 6.45) is 2.09. The molecular weight excluding hydrogens is 210 g/mol. The molecule has 0 rings (SSSR count). The van der Waals surface area contributed by atoms with Crippen LogP contribution < -0.4 is 5.73 Å². The van der Waals surface area contributed by atoms with Crippen molar-refractivity contribution in [3.05, 3.63) is 0 Å². The third-order valence-corrected chi connectivity index (χ3v) is 1.89. The van der Waals surface area contributed by atoms with Crippen molar-refractivity contribution in [2.75, 3.05) is 26.9 Å². The van der Waals surface area contributed by atoms with Gasteiger partial charge in [-0.25, -0.2) is 0 Å². The Morgan fingerprint density at radius 1 is 1.38 bits per heavy atom. The normalized spacial score (nSPS) is 12.9. The molecule has 1 unspecified atom stereocenters. The second kappa shape index (κ2) is 11.3. The molecule has 0 bridgehead atoms. The molecule has 5 heteroatoms. The summed E-state index contributed by atoms with van der Waals surface area (Å²) in [5, 5.41) is 17.0. The minimum Gasteiger partial charge on any atom is -0.394 e. The van der Waals surface area contributed by atoms with E-state index >= 15 is 0 Å². The topological polar surface area (TPSA) is 84.9 Å². The molecule has 0 aromatic carbocycles. The van der Waals surface area contributed by atoms with Gasteiger partial charge in [0.1, 0.15) is 0 Å². The highest BCUT2D eigenvalue weighted by Crippen LogP contribution is 2.00. The quantitative estimate of drug-likeness (QED) is 0.561. The molecule has 0 saturated carbocycles. The molecular formula is C11H27NO4. The summed E-state index contributed by atoms with van der Waals surface area (Å²) < 4.78 is 9.74. The lowest BCUT2D eigenvalue weighted by Gasteiger charge is -2.13. The Balaban J connectivity index is 0. The van der Waals surface area contributed by atoms with Crippen molar-refractivity contribution in [2.24, 2.45) is 5.73 Å². The molecule has 0 aromatic heterocycles. The summed E-state index contributed by atoms with van der Waals surface area (Å²) in [4.78, 5) is 0. The third kappa shape index (κ3) is 16.2. The Kier molecular flexibility index (Phi) is 12.8. The monoisotopic (exact) mass is 237 g/mol. The van der Waals surface area contributed by atoms with Crippen LogP contribution in [0.15, 0.2) is 0 Å². The number of aliphatic hydroxyl groups is 2. The van der Waals surface area contributed by atoms with E-state index in [1.54, 1.807) is 13.8 Å². The number of hydrogen-bond donors (Lipinski definition) is 3. The van der Waals surface area contributed by atoms with Gasteiger partial charge in [-0.2, -0.15) is 0 Å². The van der Waals surface area contributed by atoms with E-state index in [1.165, 1.54) is 7.11 Å². The summed E-state index contributed by atoms with van der Waals surface area (Å²) in [7, 11) is 1.46. The van der Waals surface area contributed by atoms with E-state index in [0.717, 1.165) is 12.8 Å². The fourth-order valence-corrected chi connectivity index (χ4v) is 0.811. The predicted molar refractivity (Wildman–Crippen MR) is 64.1 cm³/mol. The Morgan fingerprint density at radius 2 is 1.88 bits per heavy atom. The van der Waals surface area contributed by atoms with E-state index in [4.69, 9.17) is 20.7 Å². The van der Waals surface area contributed by atoms with Crippen LogP contribution in [0.25, 0.3) is 0 Å². The Labute approximate surface area is 98.5 Å². The van der Waals surface area contributed by atoms with Gasteiger partial charge in [0.15, 0.2) is 5.79 Å². The first kappa shape index (κ1) is 18.2. The lowest BCUT2D eigenvalue weighted by molar-refractivity contribution is -0.155. The van der Waals surface area contributed by atoms with Gasteiger partial charge >= 0.3 is 0 Å². The van der Waals surface area contributed by atoms with Crippen molar-refractivity contribution < 1.29 is 19.7 Å². The SMILES string of the molecule is CCC(CCN)OCCO.COC(C)(C)O. The van der Waals surface area contributed by atoms with Gasteiger partial charge in [-0.05, 0) is 33.2 Å². The molecule has 0 amide bonds. The molecule has 0 saturated heterocycles. The number of nitrogens with two attached hydrogens (primary N) is 1. The van der Waals surface area contributed by atoms with Crippen LogP contribution in [0.3, 0.4) is 0 Å². The maximum atomic E-state index is 8.60. The molecule has 0 fully saturated rings. The van der Waals surface area contributed by atoms with Crippen LogP contribution in [0.2, 0.25) is 0 Å². The molecule has 100 valence electrons. The summed E-state index contributed by atoms with van der Waals surface area (Å²) in [5.41, 5.74) is 5.33. The molecule has 0 aliphatic carbocycles. The van der Waals surface area contributed by atoms with Gasteiger partial charge in [-0.1, -0.05) is 6.92 Å². The fraction of sp³-hybridized carbons (Fsp3) is 1.00. The van der Waals surface area contributed by atoms with E-state index < -0.39 is 5.79 Å². The largest absolute Gasteiger partial charge is 0.394 e. The molecule has 0 aromatic rings. The zero-order chi connectivity index (χ0) is 13.0. The van der Waals surface area contributed by atoms with Crippen LogP contribution in [0.1, 0.15) is 33.6 Å². The lowest BCUT2D eigenvalue weighted by Crippen LogP contribution is -2.20. The molecule has 0 aliphatic rings. The highest BCUT2D eigenvalue weighted by Gasteiger charge is 2.06. The number of methoxy groups -OCH3 is 1. The maximum absolute atomic E-state index is 8.60.